The number of nitrogens with zero attached hydrogens (tertiary/aromatic N) is 1. The molecular formula is C21H27F2N3O3. The van der Waals surface area contributed by atoms with E-state index >= 15 is 0 Å². The van der Waals surface area contributed by atoms with E-state index in [0.717, 1.165) is 11.1 Å². The molecule has 0 spiro atoms. The Balaban J connectivity index is 1.86. The molecule has 2 aromatic rings. The van der Waals surface area contributed by atoms with Gasteiger partial charge in [-0.1, -0.05) is 36.4 Å². The number of benzene rings is 2. The molecule has 0 fully saturated rings. The first-order chi connectivity index (χ1) is 14.1. The van der Waals surface area contributed by atoms with Gasteiger partial charge >= 0.3 is 6.61 Å². The molecule has 0 radical (unpaired) electrons. The van der Waals surface area contributed by atoms with Crippen LogP contribution < -0.4 is 20.1 Å². The van der Waals surface area contributed by atoms with Crippen molar-refractivity contribution in [2.24, 2.45) is 4.99 Å². The zero-order valence-electron chi connectivity index (χ0n) is 16.6. The number of nitrogens with one attached hydrogen (secondary N) is 2. The highest BCUT2D eigenvalue weighted by Gasteiger charge is 2.12. The number of hydrogen-bond donors (Lipinski definition) is 3. The molecule has 29 heavy (non-hydrogen) atoms. The molecule has 0 aliphatic carbocycles. The molecule has 2 rings (SSSR count). The quantitative estimate of drug-likeness (QED) is 0.417. The SMILES string of the molecule is CN=C(NCCc1ccc(OC)c(OC(F)F)c1)NCC(CO)c1ccccc1. The van der Waals surface area contributed by atoms with Crippen LogP contribution in [0.25, 0.3) is 0 Å². The monoisotopic (exact) mass is 407 g/mol. The lowest BCUT2D eigenvalue weighted by Crippen LogP contribution is -2.40. The van der Waals surface area contributed by atoms with Gasteiger partial charge in [0.2, 0.25) is 0 Å². The first-order valence-electron chi connectivity index (χ1n) is 9.29. The second-order valence-corrected chi connectivity index (χ2v) is 6.28. The second-order valence-electron chi connectivity index (χ2n) is 6.28. The van der Waals surface area contributed by atoms with E-state index in [4.69, 9.17) is 4.74 Å². The molecular weight excluding hydrogens is 380 g/mol. The van der Waals surface area contributed by atoms with Crippen molar-refractivity contribution in [3.63, 3.8) is 0 Å². The van der Waals surface area contributed by atoms with Crippen molar-refractivity contribution >= 4 is 5.96 Å². The standard InChI is InChI=1S/C21H27F2N3O3/c1-24-21(26-13-17(14-27)16-6-4-3-5-7-16)25-11-10-15-8-9-18(28-2)19(12-15)29-20(22)23/h3-9,12,17,20,27H,10-11,13-14H2,1-2H3,(H2,24,25,26). The molecule has 0 amide bonds. The Morgan fingerprint density at radius 1 is 1.10 bits per heavy atom. The van der Waals surface area contributed by atoms with Gasteiger partial charge in [0.25, 0.3) is 0 Å². The van der Waals surface area contributed by atoms with Crippen molar-refractivity contribution in [1.82, 2.24) is 10.6 Å². The third-order valence-electron chi connectivity index (χ3n) is 4.38. The van der Waals surface area contributed by atoms with Crippen LogP contribution in [0.2, 0.25) is 0 Å². The van der Waals surface area contributed by atoms with Crippen LogP contribution in [0, 0.1) is 0 Å². The minimum Gasteiger partial charge on any atom is -0.493 e. The minimum atomic E-state index is -2.91. The fraction of sp³-hybridized carbons (Fsp3) is 0.381. The number of aliphatic hydroxyl groups is 1. The molecule has 0 aromatic heterocycles. The number of hydrogen-bond acceptors (Lipinski definition) is 4. The van der Waals surface area contributed by atoms with Crippen LogP contribution in [-0.4, -0.2) is 51.5 Å². The number of rotatable bonds is 10. The molecule has 0 aliphatic rings. The number of methoxy groups -OCH3 is 1. The number of alkyl halides is 2. The maximum atomic E-state index is 12.5. The van der Waals surface area contributed by atoms with E-state index in [1.165, 1.54) is 7.11 Å². The topological polar surface area (TPSA) is 75.1 Å². The maximum absolute atomic E-state index is 12.5. The van der Waals surface area contributed by atoms with Gasteiger partial charge in [0.1, 0.15) is 0 Å². The highest BCUT2D eigenvalue weighted by molar-refractivity contribution is 5.79. The fourth-order valence-electron chi connectivity index (χ4n) is 2.84. The molecule has 158 valence electrons. The third kappa shape index (κ3) is 7.23. The molecule has 1 atom stereocenters. The summed E-state index contributed by atoms with van der Waals surface area (Å²) in [4.78, 5) is 4.17. The summed E-state index contributed by atoms with van der Waals surface area (Å²) < 4.78 is 34.6. The predicted molar refractivity (Wildman–Crippen MR) is 109 cm³/mol. The van der Waals surface area contributed by atoms with Crippen LogP contribution in [0.1, 0.15) is 17.0 Å². The van der Waals surface area contributed by atoms with E-state index in [0.29, 0.717) is 25.5 Å². The van der Waals surface area contributed by atoms with Crippen LogP contribution in [0.3, 0.4) is 0 Å². The normalized spacial score (nSPS) is 12.6. The summed E-state index contributed by atoms with van der Waals surface area (Å²) in [6, 6.07) is 14.7. The lowest BCUT2D eigenvalue weighted by atomic mass is 10.0. The van der Waals surface area contributed by atoms with Gasteiger partial charge in [0.15, 0.2) is 17.5 Å². The summed E-state index contributed by atoms with van der Waals surface area (Å²) in [7, 11) is 3.06. The molecule has 0 heterocycles. The molecule has 1 unspecified atom stereocenters. The largest absolute Gasteiger partial charge is 0.493 e. The first kappa shape index (κ1) is 22.4. The Bertz CT molecular complexity index is 773. The van der Waals surface area contributed by atoms with Gasteiger partial charge in [0, 0.05) is 26.1 Å². The smallest absolute Gasteiger partial charge is 0.387 e. The van der Waals surface area contributed by atoms with E-state index in [1.54, 1.807) is 25.2 Å². The molecule has 2 aromatic carbocycles. The Morgan fingerprint density at radius 3 is 2.48 bits per heavy atom. The number of ether oxygens (including phenoxy) is 2. The Kier molecular flexibility index (Phi) is 9.17. The average molecular weight is 407 g/mol. The van der Waals surface area contributed by atoms with E-state index in [2.05, 4.69) is 20.4 Å². The van der Waals surface area contributed by atoms with Gasteiger partial charge in [-0.15, -0.1) is 0 Å². The van der Waals surface area contributed by atoms with Gasteiger partial charge in [-0.3, -0.25) is 4.99 Å². The van der Waals surface area contributed by atoms with Crippen LogP contribution in [0.5, 0.6) is 11.5 Å². The number of guanidine groups is 1. The van der Waals surface area contributed by atoms with Crippen LogP contribution in [0.4, 0.5) is 8.78 Å². The van der Waals surface area contributed by atoms with E-state index in [9.17, 15) is 13.9 Å². The van der Waals surface area contributed by atoms with E-state index in [1.807, 2.05) is 30.3 Å². The fourth-order valence-corrected chi connectivity index (χ4v) is 2.84. The molecule has 3 N–H and O–H groups in total. The van der Waals surface area contributed by atoms with Gasteiger partial charge < -0.3 is 25.2 Å². The van der Waals surface area contributed by atoms with Crippen molar-refractivity contribution in [3.8, 4) is 11.5 Å². The van der Waals surface area contributed by atoms with Crippen molar-refractivity contribution in [1.29, 1.82) is 0 Å². The van der Waals surface area contributed by atoms with Crippen molar-refractivity contribution in [2.45, 2.75) is 19.0 Å². The van der Waals surface area contributed by atoms with Crippen molar-refractivity contribution in [3.05, 3.63) is 59.7 Å². The number of halogens is 2. The summed E-state index contributed by atoms with van der Waals surface area (Å²) in [5.41, 5.74) is 1.87. The molecule has 8 heteroatoms. The van der Waals surface area contributed by atoms with Crippen molar-refractivity contribution < 1.29 is 23.4 Å². The van der Waals surface area contributed by atoms with Crippen LogP contribution >= 0.6 is 0 Å². The van der Waals surface area contributed by atoms with Gasteiger partial charge in [-0.2, -0.15) is 8.78 Å². The Morgan fingerprint density at radius 2 is 1.86 bits per heavy atom. The summed E-state index contributed by atoms with van der Waals surface area (Å²) in [5, 5.41) is 16.0. The molecule has 0 saturated carbocycles. The molecule has 6 nitrogen and oxygen atoms in total. The van der Waals surface area contributed by atoms with Gasteiger partial charge in [-0.25, -0.2) is 0 Å². The molecule has 0 bridgehead atoms. The summed E-state index contributed by atoms with van der Waals surface area (Å²) in [6.45, 7) is -1.83. The van der Waals surface area contributed by atoms with Crippen LogP contribution in [-0.2, 0) is 6.42 Å². The number of aliphatic hydroxyl groups excluding tert-OH is 1. The Labute approximate surface area is 169 Å². The lowest BCUT2D eigenvalue weighted by Gasteiger charge is -2.18. The average Bonchev–Trinajstić information content (AvgIpc) is 2.73. The zero-order valence-corrected chi connectivity index (χ0v) is 16.6. The zero-order chi connectivity index (χ0) is 21.1. The van der Waals surface area contributed by atoms with E-state index in [-0.39, 0.29) is 24.0 Å². The lowest BCUT2D eigenvalue weighted by molar-refractivity contribution is -0.0512. The highest BCUT2D eigenvalue weighted by Crippen LogP contribution is 2.29. The molecule has 0 aliphatic heterocycles. The Hall–Kier alpha value is -2.87. The predicted octanol–water partition coefficient (Wildman–Crippen LogP) is 2.78. The third-order valence-corrected chi connectivity index (χ3v) is 4.38. The molecule has 0 saturated heterocycles. The first-order valence-corrected chi connectivity index (χ1v) is 9.29. The van der Waals surface area contributed by atoms with Crippen molar-refractivity contribution in [2.75, 3.05) is 33.9 Å². The highest BCUT2D eigenvalue weighted by atomic mass is 19.3. The van der Waals surface area contributed by atoms with Crippen LogP contribution in [0.15, 0.2) is 53.5 Å². The maximum Gasteiger partial charge on any atom is 0.387 e. The van der Waals surface area contributed by atoms with Gasteiger partial charge in [0.05, 0.1) is 13.7 Å². The summed E-state index contributed by atoms with van der Waals surface area (Å²) >= 11 is 0. The minimum absolute atomic E-state index is 0.0103. The number of aliphatic imine (C=N–C) groups is 1. The summed E-state index contributed by atoms with van der Waals surface area (Å²) in [6.07, 6.45) is 0.576. The second kappa shape index (κ2) is 11.9. The summed E-state index contributed by atoms with van der Waals surface area (Å²) in [5.74, 6) is 0.814. The van der Waals surface area contributed by atoms with E-state index < -0.39 is 6.61 Å². The van der Waals surface area contributed by atoms with Gasteiger partial charge in [-0.05, 0) is 29.7 Å².